The molecule has 7 nitrogen and oxygen atoms in total. The van der Waals surface area contributed by atoms with E-state index >= 15 is 0 Å². The number of benzene rings is 1. The molecule has 2 bridgehead atoms. The average molecular weight is 407 g/mol. The van der Waals surface area contributed by atoms with Gasteiger partial charge in [-0.25, -0.2) is 4.90 Å². The minimum absolute atomic E-state index is 0.108. The van der Waals surface area contributed by atoms with Crippen LogP contribution in [0.25, 0.3) is 0 Å². The van der Waals surface area contributed by atoms with Gasteiger partial charge >= 0.3 is 0 Å². The van der Waals surface area contributed by atoms with Gasteiger partial charge in [-0.05, 0) is 62.5 Å². The lowest BCUT2D eigenvalue weighted by molar-refractivity contribution is -0.383. The van der Waals surface area contributed by atoms with Crippen molar-refractivity contribution in [2.45, 2.75) is 38.5 Å². The van der Waals surface area contributed by atoms with E-state index in [4.69, 9.17) is 0 Å². The monoisotopic (exact) mass is 407 g/mol. The molecule has 2 amide bonds. The third kappa shape index (κ3) is 3.04. The number of carbonyl (C=O) groups excluding carboxylic acids is 2. The lowest BCUT2D eigenvalue weighted by Gasteiger charge is -2.18. The molecular weight excluding hydrogens is 382 g/mol. The molecule has 1 N–H and O–H groups in total. The van der Waals surface area contributed by atoms with Crippen molar-refractivity contribution in [1.82, 2.24) is 0 Å². The number of nitrogens with zero attached hydrogens (tertiary/aromatic N) is 2. The van der Waals surface area contributed by atoms with Crippen LogP contribution in [0.4, 0.5) is 17.1 Å². The number of hydrogen-bond acceptors (Lipinski definition) is 5. The largest absolute Gasteiger partial charge is 0.379 e. The number of amides is 2. The molecule has 30 heavy (non-hydrogen) atoms. The first-order valence-corrected chi connectivity index (χ1v) is 10.8. The van der Waals surface area contributed by atoms with Crippen LogP contribution in [0.15, 0.2) is 42.0 Å². The highest BCUT2D eigenvalue weighted by Gasteiger charge is 2.59. The SMILES string of the molecule is O=C1C2C3C=CC(C3)C2C(=O)N1c1ccc(NCCC2=CCCCC2)c([N+](=O)[O-])c1. The Kier molecular flexibility index (Phi) is 4.68. The maximum Gasteiger partial charge on any atom is 0.294 e. The van der Waals surface area contributed by atoms with Crippen molar-refractivity contribution in [1.29, 1.82) is 0 Å². The van der Waals surface area contributed by atoms with E-state index in [0.717, 1.165) is 25.7 Å². The van der Waals surface area contributed by atoms with E-state index in [0.29, 0.717) is 17.9 Å². The number of nitro groups is 1. The average Bonchev–Trinajstić information content (AvgIpc) is 3.43. The molecule has 4 unspecified atom stereocenters. The number of imide groups is 1. The zero-order valence-corrected chi connectivity index (χ0v) is 16.8. The first-order valence-electron chi connectivity index (χ1n) is 10.8. The Labute approximate surface area is 175 Å². The third-order valence-electron chi connectivity index (χ3n) is 7.05. The fourth-order valence-electron chi connectivity index (χ4n) is 5.61. The third-order valence-corrected chi connectivity index (χ3v) is 7.05. The summed E-state index contributed by atoms with van der Waals surface area (Å²) in [6.07, 6.45) is 12.7. The minimum Gasteiger partial charge on any atom is -0.379 e. The maximum atomic E-state index is 13.0. The molecule has 1 aromatic rings. The van der Waals surface area contributed by atoms with Crippen LogP contribution >= 0.6 is 0 Å². The van der Waals surface area contributed by atoms with Gasteiger partial charge in [-0.2, -0.15) is 0 Å². The summed E-state index contributed by atoms with van der Waals surface area (Å²) in [7, 11) is 0. The van der Waals surface area contributed by atoms with Gasteiger partial charge in [-0.15, -0.1) is 0 Å². The van der Waals surface area contributed by atoms with Crippen molar-refractivity contribution < 1.29 is 14.5 Å². The van der Waals surface area contributed by atoms with E-state index in [-0.39, 0.29) is 41.2 Å². The molecule has 4 atom stereocenters. The summed E-state index contributed by atoms with van der Waals surface area (Å²) in [6, 6.07) is 4.61. The Morgan fingerprint density at radius 3 is 2.47 bits per heavy atom. The van der Waals surface area contributed by atoms with Gasteiger partial charge in [0.15, 0.2) is 0 Å². The highest BCUT2D eigenvalue weighted by Crippen LogP contribution is 2.53. The molecule has 1 saturated carbocycles. The Morgan fingerprint density at radius 1 is 1.10 bits per heavy atom. The normalized spacial score (nSPS) is 29.3. The number of carbonyl (C=O) groups is 2. The zero-order chi connectivity index (χ0) is 20.8. The molecule has 0 radical (unpaired) electrons. The first-order chi connectivity index (χ1) is 14.5. The van der Waals surface area contributed by atoms with Crippen LogP contribution in [-0.2, 0) is 9.59 Å². The first kappa shape index (κ1) is 19.0. The van der Waals surface area contributed by atoms with Gasteiger partial charge in [0, 0.05) is 12.6 Å². The van der Waals surface area contributed by atoms with Gasteiger partial charge < -0.3 is 5.32 Å². The molecule has 5 rings (SSSR count). The Hall–Kier alpha value is -2.96. The highest BCUT2D eigenvalue weighted by molar-refractivity contribution is 6.23. The summed E-state index contributed by atoms with van der Waals surface area (Å²) in [6.45, 7) is 0.618. The second-order valence-electron chi connectivity index (χ2n) is 8.76. The van der Waals surface area contributed by atoms with Gasteiger partial charge in [0.25, 0.3) is 5.69 Å². The number of allylic oxidation sites excluding steroid dienone is 3. The van der Waals surface area contributed by atoms with E-state index in [1.807, 2.05) is 12.2 Å². The van der Waals surface area contributed by atoms with Gasteiger partial charge in [0.1, 0.15) is 5.69 Å². The maximum absolute atomic E-state index is 13.0. The van der Waals surface area contributed by atoms with Gasteiger partial charge in [-0.1, -0.05) is 23.8 Å². The molecule has 156 valence electrons. The minimum atomic E-state index is -0.456. The fraction of sp³-hybridized carbons (Fsp3) is 0.478. The van der Waals surface area contributed by atoms with Crippen LogP contribution < -0.4 is 10.2 Å². The molecule has 2 fully saturated rings. The summed E-state index contributed by atoms with van der Waals surface area (Å²) in [4.78, 5) is 38.4. The van der Waals surface area contributed by atoms with Crippen LogP contribution in [0.2, 0.25) is 0 Å². The Bertz CT molecular complexity index is 953. The van der Waals surface area contributed by atoms with Gasteiger partial charge in [0.05, 0.1) is 22.4 Å². The van der Waals surface area contributed by atoms with Crippen molar-refractivity contribution in [2.75, 3.05) is 16.8 Å². The number of nitro benzene ring substituents is 1. The molecule has 1 aromatic carbocycles. The van der Waals surface area contributed by atoms with E-state index in [2.05, 4.69) is 11.4 Å². The van der Waals surface area contributed by atoms with Gasteiger partial charge in [-0.3, -0.25) is 19.7 Å². The molecule has 7 heteroatoms. The van der Waals surface area contributed by atoms with Crippen LogP contribution in [0.3, 0.4) is 0 Å². The van der Waals surface area contributed by atoms with Crippen LogP contribution in [0, 0.1) is 33.8 Å². The molecule has 1 aliphatic heterocycles. The predicted octanol–water partition coefficient (Wildman–Crippen LogP) is 4.21. The predicted molar refractivity (Wildman–Crippen MR) is 113 cm³/mol. The lowest BCUT2D eigenvalue weighted by Crippen LogP contribution is -2.32. The van der Waals surface area contributed by atoms with Crippen molar-refractivity contribution in [2.24, 2.45) is 23.7 Å². The number of nitrogens with one attached hydrogen (secondary N) is 1. The molecule has 0 spiro atoms. The van der Waals surface area contributed by atoms with Crippen molar-refractivity contribution in [3.8, 4) is 0 Å². The summed E-state index contributed by atoms with van der Waals surface area (Å²) >= 11 is 0. The van der Waals surface area contributed by atoms with Crippen molar-refractivity contribution in [3.05, 3.63) is 52.1 Å². The van der Waals surface area contributed by atoms with E-state index in [1.165, 1.54) is 29.4 Å². The number of fused-ring (bicyclic) bond motifs is 5. The van der Waals surface area contributed by atoms with E-state index in [1.54, 1.807) is 12.1 Å². The number of rotatable bonds is 6. The van der Waals surface area contributed by atoms with Crippen LogP contribution in [0.5, 0.6) is 0 Å². The Balaban J connectivity index is 1.35. The second kappa shape index (κ2) is 7.38. The van der Waals surface area contributed by atoms with Crippen LogP contribution in [0.1, 0.15) is 38.5 Å². The highest BCUT2D eigenvalue weighted by atomic mass is 16.6. The molecule has 4 aliphatic rings. The molecule has 3 aliphatic carbocycles. The van der Waals surface area contributed by atoms with Crippen molar-refractivity contribution >= 4 is 28.9 Å². The number of hydrogen-bond donors (Lipinski definition) is 1. The molecule has 1 saturated heterocycles. The van der Waals surface area contributed by atoms with Crippen LogP contribution in [-0.4, -0.2) is 23.3 Å². The fourth-order valence-corrected chi connectivity index (χ4v) is 5.61. The summed E-state index contributed by atoms with van der Waals surface area (Å²) in [5.74, 6) is -0.832. The summed E-state index contributed by atoms with van der Waals surface area (Å²) < 4.78 is 0. The van der Waals surface area contributed by atoms with E-state index < -0.39 is 4.92 Å². The standard InChI is InChI=1S/C23H25N3O4/c27-22-20-15-6-7-16(12-15)21(20)23(28)25(22)17-8-9-18(19(13-17)26(29)30)24-11-10-14-4-2-1-3-5-14/h4,6-9,13,15-16,20-21,24H,1-3,5,10-12H2. The molecule has 1 heterocycles. The molecule has 0 aromatic heterocycles. The summed E-state index contributed by atoms with van der Waals surface area (Å²) in [5.41, 5.74) is 2.01. The molecular formula is C23H25N3O4. The summed E-state index contributed by atoms with van der Waals surface area (Å²) in [5, 5.41) is 14.8. The smallest absolute Gasteiger partial charge is 0.294 e. The second-order valence-corrected chi connectivity index (χ2v) is 8.76. The van der Waals surface area contributed by atoms with Gasteiger partial charge in [0.2, 0.25) is 11.8 Å². The topological polar surface area (TPSA) is 92.6 Å². The quantitative estimate of drug-likeness (QED) is 0.330. The van der Waals surface area contributed by atoms with E-state index in [9.17, 15) is 19.7 Å². The number of anilines is 2. The Morgan fingerprint density at radius 2 is 1.83 bits per heavy atom. The zero-order valence-electron chi connectivity index (χ0n) is 16.8. The lowest BCUT2D eigenvalue weighted by atomic mass is 9.85. The van der Waals surface area contributed by atoms with Crippen molar-refractivity contribution in [3.63, 3.8) is 0 Å².